The van der Waals surface area contributed by atoms with Crippen molar-refractivity contribution < 1.29 is 17.3 Å². The summed E-state index contributed by atoms with van der Waals surface area (Å²) in [6.07, 6.45) is 0. The Balaban J connectivity index is 1.67. The standard InChI is InChI=1S/C14H16ClFN4O3S/c1-10-17-14(18-23-10)9-19-4-6-20(7-5-19)24(21,22)13-3-2-11(16)8-12(13)15/h2-3,8H,4-7,9H2,1H3. The van der Waals surface area contributed by atoms with Crippen molar-refractivity contribution in [3.05, 3.63) is 40.8 Å². The van der Waals surface area contributed by atoms with Crippen LogP contribution in [0.4, 0.5) is 4.39 Å². The molecule has 1 aromatic heterocycles. The molecule has 1 saturated heterocycles. The number of nitrogens with zero attached hydrogens (tertiary/aromatic N) is 4. The van der Waals surface area contributed by atoms with Crippen LogP contribution in [-0.4, -0.2) is 53.9 Å². The first-order valence-electron chi connectivity index (χ1n) is 7.33. The third-order valence-corrected chi connectivity index (χ3v) is 6.16. The number of hydrogen-bond donors (Lipinski definition) is 0. The van der Waals surface area contributed by atoms with E-state index in [4.69, 9.17) is 16.1 Å². The number of sulfonamides is 1. The zero-order chi connectivity index (χ0) is 17.3. The zero-order valence-corrected chi connectivity index (χ0v) is 14.5. The van der Waals surface area contributed by atoms with Gasteiger partial charge in [0.1, 0.15) is 10.7 Å². The van der Waals surface area contributed by atoms with Crippen LogP contribution in [-0.2, 0) is 16.6 Å². The Bertz CT molecular complexity index is 834. The molecule has 7 nitrogen and oxygen atoms in total. The van der Waals surface area contributed by atoms with Crippen LogP contribution >= 0.6 is 11.6 Å². The van der Waals surface area contributed by atoms with E-state index in [2.05, 4.69) is 10.1 Å². The molecular weight excluding hydrogens is 359 g/mol. The van der Waals surface area contributed by atoms with E-state index in [1.165, 1.54) is 10.4 Å². The molecule has 1 aliphatic rings. The van der Waals surface area contributed by atoms with Crippen LogP contribution < -0.4 is 0 Å². The van der Waals surface area contributed by atoms with Gasteiger partial charge in [0.05, 0.1) is 11.6 Å². The zero-order valence-electron chi connectivity index (χ0n) is 12.9. The highest BCUT2D eigenvalue weighted by Gasteiger charge is 2.30. The monoisotopic (exact) mass is 374 g/mol. The Morgan fingerprint density at radius 2 is 2.00 bits per heavy atom. The number of halogens is 2. The average Bonchev–Trinajstić information content (AvgIpc) is 2.92. The van der Waals surface area contributed by atoms with Gasteiger partial charge in [0, 0.05) is 33.1 Å². The molecule has 0 atom stereocenters. The van der Waals surface area contributed by atoms with Crippen LogP contribution in [0.3, 0.4) is 0 Å². The summed E-state index contributed by atoms with van der Waals surface area (Å²) in [6.45, 7) is 3.91. The smallest absolute Gasteiger partial charge is 0.244 e. The van der Waals surface area contributed by atoms with E-state index in [9.17, 15) is 12.8 Å². The maximum Gasteiger partial charge on any atom is 0.244 e. The fourth-order valence-corrected chi connectivity index (χ4v) is 4.48. The second-order valence-electron chi connectivity index (χ2n) is 5.48. The molecule has 130 valence electrons. The van der Waals surface area contributed by atoms with Crippen molar-refractivity contribution in [2.45, 2.75) is 18.4 Å². The lowest BCUT2D eigenvalue weighted by Gasteiger charge is -2.33. The number of aryl methyl sites for hydroxylation is 1. The molecule has 2 aromatic rings. The summed E-state index contributed by atoms with van der Waals surface area (Å²) in [5.74, 6) is 0.502. The van der Waals surface area contributed by atoms with Crippen LogP contribution in [0.15, 0.2) is 27.6 Å². The van der Waals surface area contributed by atoms with E-state index in [-0.39, 0.29) is 9.92 Å². The highest BCUT2D eigenvalue weighted by molar-refractivity contribution is 7.89. The predicted molar refractivity (Wildman–Crippen MR) is 84.5 cm³/mol. The summed E-state index contributed by atoms with van der Waals surface area (Å²) in [4.78, 5) is 6.10. The molecule has 10 heteroatoms. The Morgan fingerprint density at radius 1 is 1.29 bits per heavy atom. The minimum Gasteiger partial charge on any atom is -0.340 e. The molecular formula is C14H16ClFN4O3S. The van der Waals surface area contributed by atoms with Gasteiger partial charge >= 0.3 is 0 Å². The van der Waals surface area contributed by atoms with E-state index in [0.29, 0.717) is 44.4 Å². The quantitative estimate of drug-likeness (QED) is 0.810. The highest BCUT2D eigenvalue weighted by Crippen LogP contribution is 2.26. The number of aromatic nitrogens is 2. The van der Waals surface area contributed by atoms with Crippen molar-refractivity contribution >= 4 is 21.6 Å². The van der Waals surface area contributed by atoms with E-state index in [1.54, 1.807) is 6.92 Å². The SMILES string of the molecule is Cc1nc(CN2CCN(S(=O)(=O)c3ccc(F)cc3Cl)CC2)no1. The predicted octanol–water partition coefficient (Wildman–Crippen LogP) is 1.68. The molecule has 0 spiro atoms. The van der Waals surface area contributed by atoms with Crippen molar-refractivity contribution in [2.75, 3.05) is 26.2 Å². The molecule has 0 aliphatic carbocycles. The second kappa shape index (κ2) is 6.75. The van der Waals surface area contributed by atoms with Crippen molar-refractivity contribution in [3.63, 3.8) is 0 Å². The summed E-state index contributed by atoms with van der Waals surface area (Å²) in [7, 11) is -3.74. The van der Waals surface area contributed by atoms with E-state index < -0.39 is 15.8 Å². The summed E-state index contributed by atoms with van der Waals surface area (Å²) in [5, 5.41) is 3.72. The summed E-state index contributed by atoms with van der Waals surface area (Å²) >= 11 is 5.89. The first kappa shape index (κ1) is 17.3. The van der Waals surface area contributed by atoms with Gasteiger partial charge in [-0.3, -0.25) is 4.90 Å². The van der Waals surface area contributed by atoms with Gasteiger partial charge in [-0.2, -0.15) is 9.29 Å². The minimum atomic E-state index is -3.74. The van der Waals surface area contributed by atoms with Gasteiger partial charge < -0.3 is 4.52 Å². The van der Waals surface area contributed by atoms with Gasteiger partial charge in [0.2, 0.25) is 15.9 Å². The number of piperazine rings is 1. The van der Waals surface area contributed by atoms with Gasteiger partial charge in [-0.25, -0.2) is 12.8 Å². The Kier molecular flexibility index (Phi) is 4.86. The Hall–Kier alpha value is -1.55. The molecule has 1 aliphatic heterocycles. The molecule has 1 aromatic carbocycles. The van der Waals surface area contributed by atoms with Gasteiger partial charge in [-0.05, 0) is 18.2 Å². The molecule has 24 heavy (non-hydrogen) atoms. The second-order valence-corrected chi connectivity index (χ2v) is 7.80. The van der Waals surface area contributed by atoms with Crippen molar-refractivity contribution in [2.24, 2.45) is 0 Å². The Labute approximate surface area is 144 Å². The van der Waals surface area contributed by atoms with Crippen molar-refractivity contribution in [1.82, 2.24) is 19.3 Å². The lowest BCUT2D eigenvalue weighted by molar-refractivity contribution is 0.176. The Morgan fingerprint density at radius 3 is 2.58 bits per heavy atom. The minimum absolute atomic E-state index is 0.0761. The van der Waals surface area contributed by atoms with Gasteiger partial charge in [-0.1, -0.05) is 16.8 Å². The molecule has 0 amide bonds. The van der Waals surface area contributed by atoms with Crippen LogP contribution in [0, 0.1) is 12.7 Å². The topological polar surface area (TPSA) is 79.5 Å². The maximum atomic E-state index is 13.1. The number of rotatable bonds is 4. The molecule has 0 unspecified atom stereocenters. The van der Waals surface area contributed by atoms with Crippen molar-refractivity contribution in [1.29, 1.82) is 0 Å². The summed E-state index contributed by atoms with van der Waals surface area (Å²) in [5.41, 5.74) is 0. The van der Waals surface area contributed by atoms with E-state index >= 15 is 0 Å². The third kappa shape index (κ3) is 3.59. The van der Waals surface area contributed by atoms with Crippen molar-refractivity contribution in [3.8, 4) is 0 Å². The summed E-state index contributed by atoms with van der Waals surface area (Å²) < 4.78 is 44.7. The first-order chi connectivity index (χ1) is 11.4. The molecule has 0 bridgehead atoms. The van der Waals surface area contributed by atoms with Gasteiger partial charge in [0.25, 0.3) is 0 Å². The van der Waals surface area contributed by atoms with Crippen LogP contribution in [0.1, 0.15) is 11.7 Å². The van der Waals surface area contributed by atoms with Gasteiger partial charge in [-0.15, -0.1) is 0 Å². The van der Waals surface area contributed by atoms with Crippen LogP contribution in [0.25, 0.3) is 0 Å². The number of hydrogen-bond acceptors (Lipinski definition) is 6. The largest absolute Gasteiger partial charge is 0.340 e. The maximum absolute atomic E-state index is 13.1. The lowest BCUT2D eigenvalue weighted by atomic mass is 10.3. The molecule has 2 heterocycles. The lowest BCUT2D eigenvalue weighted by Crippen LogP contribution is -2.48. The average molecular weight is 375 g/mol. The van der Waals surface area contributed by atoms with E-state index in [1.807, 2.05) is 4.90 Å². The normalized spacial score (nSPS) is 17.3. The third-order valence-electron chi connectivity index (χ3n) is 3.78. The summed E-state index contributed by atoms with van der Waals surface area (Å²) in [6, 6.07) is 3.29. The van der Waals surface area contributed by atoms with Gasteiger partial charge in [0.15, 0.2) is 5.82 Å². The molecule has 1 fully saturated rings. The van der Waals surface area contributed by atoms with E-state index in [0.717, 1.165) is 12.1 Å². The molecule has 0 N–H and O–H groups in total. The fourth-order valence-electron chi connectivity index (χ4n) is 2.56. The molecule has 0 saturated carbocycles. The van der Waals surface area contributed by atoms with Crippen LogP contribution in [0.5, 0.6) is 0 Å². The fraction of sp³-hybridized carbons (Fsp3) is 0.429. The van der Waals surface area contributed by atoms with Crippen LogP contribution in [0.2, 0.25) is 5.02 Å². The molecule has 3 rings (SSSR count). The first-order valence-corrected chi connectivity index (χ1v) is 9.15. The number of benzene rings is 1. The molecule has 0 radical (unpaired) electrons. The highest BCUT2D eigenvalue weighted by atomic mass is 35.5.